The van der Waals surface area contributed by atoms with E-state index in [0.717, 1.165) is 10.0 Å². The Morgan fingerprint density at radius 3 is 2.80 bits per heavy atom. The molecular formula is C9H9BrN2O3. The smallest absolute Gasteiger partial charge is 0.296 e. The monoisotopic (exact) mass is 272 g/mol. The minimum atomic E-state index is -0.713. The lowest BCUT2D eigenvalue weighted by molar-refractivity contribution is -0.467. The van der Waals surface area contributed by atoms with Gasteiger partial charge in [0.15, 0.2) is 0 Å². The van der Waals surface area contributed by atoms with Crippen LogP contribution in [-0.2, 0) is 4.79 Å². The molecule has 0 atom stereocenters. The number of carbonyl (C=O) groups is 1. The summed E-state index contributed by atoms with van der Waals surface area (Å²) in [5.41, 5.74) is 1.44. The Balaban J connectivity index is 2.72. The number of rotatable bonds is 3. The zero-order chi connectivity index (χ0) is 11.4. The molecule has 0 fully saturated rings. The summed E-state index contributed by atoms with van der Waals surface area (Å²) in [5, 5.41) is 12.5. The van der Waals surface area contributed by atoms with E-state index in [2.05, 4.69) is 21.2 Å². The van der Waals surface area contributed by atoms with Crippen molar-refractivity contribution in [3.05, 3.63) is 38.3 Å². The highest BCUT2D eigenvalue weighted by Crippen LogP contribution is 2.19. The Kier molecular flexibility index (Phi) is 3.79. The van der Waals surface area contributed by atoms with Gasteiger partial charge in [0.1, 0.15) is 0 Å². The number of nitrogens with one attached hydrogen (secondary N) is 1. The molecule has 1 aromatic carbocycles. The lowest BCUT2D eigenvalue weighted by atomic mass is 10.2. The van der Waals surface area contributed by atoms with Gasteiger partial charge in [-0.3, -0.25) is 14.9 Å². The van der Waals surface area contributed by atoms with Crippen LogP contribution in [0.5, 0.6) is 0 Å². The molecule has 0 saturated heterocycles. The normalized spacial score (nSPS) is 9.73. The number of anilines is 1. The van der Waals surface area contributed by atoms with Crippen molar-refractivity contribution in [2.75, 3.05) is 11.9 Å². The molecule has 0 heterocycles. The van der Waals surface area contributed by atoms with E-state index in [9.17, 15) is 14.9 Å². The quantitative estimate of drug-likeness (QED) is 0.676. The standard InChI is InChI=1S/C9H9BrN2O3/c1-6-4-7(10)2-3-8(6)11-9(13)5-12(14)15/h2-4H,5H2,1H3,(H,11,13). The van der Waals surface area contributed by atoms with Gasteiger partial charge in [0.25, 0.3) is 12.5 Å². The summed E-state index contributed by atoms with van der Waals surface area (Å²) in [5.74, 6) is -0.620. The van der Waals surface area contributed by atoms with E-state index in [-0.39, 0.29) is 0 Å². The van der Waals surface area contributed by atoms with Gasteiger partial charge in [-0.15, -0.1) is 0 Å². The average molecular weight is 273 g/mol. The van der Waals surface area contributed by atoms with Gasteiger partial charge in [-0.25, -0.2) is 0 Å². The van der Waals surface area contributed by atoms with Crippen molar-refractivity contribution in [1.82, 2.24) is 0 Å². The SMILES string of the molecule is Cc1cc(Br)ccc1NC(=O)C[N+](=O)[O-]. The number of hydrogen-bond donors (Lipinski definition) is 1. The predicted octanol–water partition coefficient (Wildman–Crippen LogP) is 1.97. The fourth-order valence-electron chi connectivity index (χ4n) is 1.07. The molecule has 1 rings (SSSR count). The van der Waals surface area contributed by atoms with Crippen molar-refractivity contribution in [3.8, 4) is 0 Å². The number of amides is 1. The van der Waals surface area contributed by atoms with Crippen LogP contribution in [-0.4, -0.2) is 17.4 Å². The third-order valence-electron chi connectivity index (χ3n) is 1.74. The molecule has 1 N–H and O–H groups in total. The summed E-state index contributed by atoms with van der Waals surface area (Å²) in [7, 11) is 0. The van der Waals surface area contributed by atoms with Gasteiger partial charge in [-0.2, -0.15) is 0 Å². The van der Waals surface area contributed by atoms with Crippen molar-refractivity contribution >= 4 is 27.5 Å². The second-order valence-electron chi connectivity index (χ2n) is 3.00. The number of aryl methyl sites for hydroxylation is 1. The molecule has 0 unspecified atom stereocenters. The number of halogens is 1. The van der Waals surface area contributed by atoms with Crippen LogP contribution in [0.3, 0.4) is 0 Å². The molecule has 0 aliphatic carbocycles. The average Bonchev–Trinajstić information content (AvgIpc) is 2.08. The van der Waals surface area contributed by atoms with Gasteiger partial charge >= 0.3 is 0 Å². The van der Waals surface area contributed by atoms with Crippen LogP contribution in [0.1, 0.15) is 5.56 Å². The Morgan fingerprint density at radius 2 is 2.27 bits per heavy atom. The number of carbonyl (C=O) groups excluding carboxylic acids is 1. The van der Waals surface area contributed by atoms with E-state index in [4.69, 9.17) is 0 Å². The lowest BCUT2D eigenvalue weighted by Gasteiger charge is -2.06. The molecule has 0 aromatic heterocycles. The summed E-state index contributed by atoms with van der Waals surface area (Å²) in [6.07, 6.45) is 0. The zero-order valence-corrected chi connectivity index (χ0v) is 9.58. The zero-order valence-electron chi connectivity index (χ0n) is 7.99. The summed E-state index contributed by atoms with van der Waals surface area (Å²) < 4.78 is 0.896. The van der Waals surface area contributed by atoms with Crippen molar-refractivity contribution in [2.24, 2.45) is 0 Å². The first kappa shape index (κ1) is 11.6. The van der Waals surface area contributed by atoms with E-state index in [1.54, 1.807) is 12.1 Å². The molecule has 0 radical (unpaired) electrons. The van der Waals surface area contributed by atoms with Gasteiger partial charge in [-0.1, -0.05) is 15.9 Å². The lowest BCUT2D eigenvalue weighted by Crippen LogP contribution is -2.21. The molecule has 0 spiro atoms. The molecular weight excluding hydrogens is 264 g/mol. The topological polar surface area (TPSA) is 72.2 Å². The van der Waals surface area contributed by atoms with Crippen LogP contribution in [0.25, 0.3) is 0 Å². The van der Waals surface area contributed by atoms with Crippen molar-refractivity contribution in [3.63, 3.8) is 0 Å². The summed E-state index contributed by atoms with van der Waals surface area (Å²) in [6.45, 7) is 1.10. The molecule has 6 heteroatoms. The highest BCUT2D eigenvalue weighted by molar-refractivity contribution is 9.10. The van der Waals surface area contributed by atoms with E-state index >= 15 is 0 Å². The minimum Gasteiger partial charge on any atom is -0.320 e. The van der Waals surface area contributed by atoms with E-state index < -0.39 is 17.4 Å². The maximum absolute atomic E-state index is 11.1. The maximum Gasteiger partial charge on any atom is 0.296 e. The van der Waals surface area contributed by atoms with Crippen molar-refractivity contribution in [2.45, 2.75) is 6.92 Å². The third kappa shape index (κ3) is 3.67. The summed E-state index contributed by atoms with van der Waals surface area (Å²) in [4.78, 5) is 20.5. The first-order chi connectivity index (χ1) is 6.99. The molecule has 0 bridgehead atoms. The van der Waals surface area contributed by atoms with Crippen LogP contribution in [0, 0.1) is 17.0 Å². The van der Waals surface area contributed by atoms with Gasteiger partial charge in [0, 0.05) is 15.1 Å². The molecule has 0 saturated carbocycles. The molecule has 1 amide bonds. The Labute approximate surface area is 94.8 Å². The first-order valence-electron chi connectivity index (χ1n) is 4.17. The van der Waals surface area contributed by atoms with Crippen LogP contribution in [0.4, 0.5) is 5.69 Å². The number of benzene rings is 1. The van der Waals surface area contributed by atoms with Crippen LogP contribution in [0.2, 0.25) is 0 Å². The summed E-state index contributed by atoms with van der Waals surface area (Å²) in [6, 6.07) is 5.27. The van der Waals surface area contributed by atoms with E-state index in [1.165, 1.54) is 0 Å². The van der Waals surface area contributed by atoms with Gasteiger partial charge in [-0.05, 0) is 30.7 Å². The second-order valence-corrected chi connectivity index (χ2v) is 3.91. The van der Waals surface area contributed by atoms with Crippen molar-refractivity contribution < 1.29 is 9.72 Å². The molecule has 1 aromatic rings. The second kappa shape index (κ2) is 4.88. The maximum atomic E-state index is 11.1. The predicted molar refractivity (Wildman–Crippen MR) is 59.4 cm³/mol. The van der Waals surface area contributed by atoms with Gasteiger partial charge < -0.3 is 5.32 Å². The minimum absolute atomic E-state index is 0.588. The highest BCUT2D eigenvalue weighted by Gasteiger charge is 2.10. The van der Waals surface area contributed by atoms with E-state index in [1.807, 2.05) is 13.0 Å². The number of hydrogen-bond acceptors (Lipinski definition) is 3. The third-order valence-corrected chi connectivity index (χ3v) is 2.23. The van der Waals surface area contributed by atoms with Crippen molar-refractivity contribution in [1.29, 1.82) is 0 Å². The largest absolute Gasteiger partial charge is 0.320 e. The number of nitro groups is 1. The molecule has 80 valence electrons. The van der Waals surface area contributed by atoms with Gasteiger partial charge in [0.05, 0.1) is 0 Å². The molecule has 15 heavy (non-hydrogen) atoms. The molecule has 5 nitrogen and oxygen atoms in total. The van der Waals surface area contributed by atoms with E-state index in [0.29, 0.717) is 5.69 Å². The van der Waals surface area contributed by atoms with Gasteiger partial charge in [0.2, 0.25) is 0 Å². The van der Waals surface area contributed by atoms with Crippen LogP contribution >= 0.6 is 15.9 Å². The molecule has 0 aliphatic heterocycles. The first-order valence-corrected chi connectivity index (χ1v) is 4.96. The fraction of sp³-hybridized carbons (Fsp3) is 0.222. The fourth-order valence-corrected chi connectivity index (χ4v) is 1.55. The summed E-state index contributed by atoms with van der Waals surface area (Å²) >= 11 is 3.28. The molecule has 0 aliphatic rings. The Bertz CT molecular complexity index is 406. The van der Waals surface area contributed by atoms with Crippen LogP contribution in [0.15, 0.2) is 22.7 Å². The Hall–Kier alpha value is -1.43. The number of nitrogens with zero attached hydrogens (tertiary/aromatic N) is 1. The van der Waals surface area contributed by atoms with Crippen LogP contribution < -0.4 is 5.32 Å². The Morgan fingerprint density at radius 1 is 1.60 bits per heavy atom. The highest BCUT2D eigenvalue weighted by atomic mass is 79.9.